The largest absolute Gasteiger partial charge is 0.0530 e. The van der Waals surface area contributed by atoms with E-state index < -0.39 is 0 Å². The summed E-state index contributed by atoms with van der Waals surface area (Å²) in [6.45, 7) is 0. The number of hydrogen-bond donors (Lipinski definition) is 0. The Labute approximate surface area is 146 Å². The molecule has 0 nitrogen and oxygen atoms in total. The van der Waals surface area contributed by atoms with Crippen molar-refractivity contribution < 1.29 is 0 Å². The summed E-state index contributed by atoms with van der Waals surface area (Å²) in [4.78, 5) is 0. The third kappa shape index (κ3) is 1.80. The van der Waals surface area contributed by atoms with E-state index in [9.17, 15) is 0 Å². The second-order valence-corrected chi connectivity index (χ2v) is 7.95. The molecule has 5 rings (SSSR count). The molecule has 0 aromatic heterocycles. The van der Waals surface area contributed by atoms with Crippen molar-refractivity contribution in [2.75, 3.05) is 0 Å². The molecule has 22 heavy (non-hydrogen) atoms. The van der Waals surface area contributed by atoms with Crippen LogP contribution in [0.15, 0.2) is 57.5 Å². The zero-order valence-corrected chi connectivity index (χ0v) is 15.0. The molecule has 2 aliphatic carbocycles. The van der Waals surface area contributed by atoms with Crippen molar-refractivity contribution in [2.45, 2.75) is 12.8 Å². The maximum Gasteiger partial charge on any atom is 0.0178 e. The van der Waals surface area contributed by atoms with Gasteiger partial charge in [0.2, 0.25) is 0 Å². The molecule has 0 aliphatic heterocycles. The van der Waals surface area contributed by atoms with Crippen LogP contribution in [0.1, 0.15) is 22.3 Å². The number of halogens is 2. The summed E-state index contributed by atoms with van der Waals surface area (Å²) in [7, 11) is 0. The predicted molar refractivity (Wildman–Crippen MR) is 98.3 cm³/mol. The fraction of sp³-hybridized carbons (Fsp3) is 0.100. The van der Waals surface area contributed by atoms with Gasteiger partial charge >= 0.3 is 0 Å². The lowest BCUT2D eigenvalue weighted by molar-refractivity contribution is 1.24. The van der Waals surface area contributed by atoms with Crippen molar-refractivity contribution in [3.05, 3.63) is 79.7 Å². The van der Waals surface area contributed by atoms with Crippen LogP contribution in [0.4, 0.5) is 0 Å². The van der Waals surface area contributed by atoms with E-state index in [0.29, 0.717) is 0 Å². The number of benzene rings is 3. The second-order valence-electron chi connectivity index (χ2n) is 6.12. The van der Waals surface area contributed by atoms with Gasteiger partial charge in [-0.25, -0.2) is 0 Å². The van der Waals surface area contributed by atoms with Crippen molar-refractivity contribution in [1.82, 2.24) is 0 Å². The van der Waals surface area contributed by atoms with Crippen LogP contribution in [-0.2, 0) is 12.8 Å². The standard InChI is InChI=1S/C20H12Br2/c21-15-1-3-17-11(7-15)5-13-10-20-14(9-19(13)17)6-12-8-16(22)2-4-18(12)20/h1-4,7-10H,5-6H2. The van der Waals surface area contributed by atoms with Crippen LogP contribution in [0.25, 0.3) is 22.3 Å². The van der Waals surface area contributed by atoms with Gasteiger partial charge in [0.25, 0.3) is 0 Å². The van der Waals surface area contributed by atoms with Gasteiger partial charge in [0.05, 0.1) is 0 Å². The highest BCUT2D eigenvalue weighted by Crippen LogP contribution is 2.45. The van der Waals surface area contributed by atoms with Crippen molar-refractivity contribution >= 4 is 31.9 Å². The van der Waals surface area contributed by atoms with Crippen LogP contribution < -0.4 is 0 Å². The van der Waals surface area contributed by atoms with E-state index in [1.165, 1.54) is 53.5 Å². The Hall–Kier alpha value is -1.38. The lowest BCUT2D eigenvalue weighted by atomic mass is 9.98. The van der Waals surface area contributed by atoms with Crippen LogP contribution in [-0.4, -0.2) is 0 Å². The number of rotatable bonds is 0. The fourth-order valence-corrected chi connectivity index (χ4v) is 4.65. The van der Waals surface area contributed by atoms with Crippen molar-refractivity contribution in [3.8, 4) is 22.3 Å². The zero-order chi connectivity index (χ0) is 14.8. The number of hydrogen-bond acceptors (Lipinski definition) is 0. The van der Waals surface area contributed by atoms with Crippen LogP contribution in [0.3, 0.4) is 0 Å². The Morgan fingerprint density at radius 3 is 1.36 bits per heavy atom. The van der Waals surface area contributed by atoms with E-state index in [1.807, 2.05) is 0 Å². The first-order valence-corrected chi connectivity index (χ1v) is 9.01. The molecule has 2 aliphatic rings. The molecule has 0 heterocycles. The van der Waals surface area contributed by atoms with E-state index >= 15 is 0 Å². The molecule has 0 radical (unpaired) electrons. The summed E-state index contributed by atoms with van der Waals surface area (Å²) < 4.78 is 2.34. The Balaban J connectivity index is 1.70. The maximum absolute atomic E-state index is 3.59. The maximum atomic E-state index is 3.59. The molecule has 2 heteroatoms. The summed E-state index contributed by atoms with van der Waals surface area (Å²) in [6, 6.07) is 18.1. The molecular weight excluding hydrogens is 400 g/mol. The minimum absolute atomic E-state index is 1.04. The summed E-state index contributed by atoms with van der Waals surface area (Å²) in [5.74, 6) is 0. The Morgan fingerprint density at radius 1 is 0.500 bits per heavy atom. The van der Waals surface area contributed by atoms with Gasteiger partial charge in [-0.1, -0.05) is 44.0 Å². The summed E-state index contributed by atoms with van der Waals surface area (Å²) in [6.07, 6.45) is 2.09. The van der Waals surface area contributed by atoms with Crippen LogP contribution in [0.5, 0.6) is 0 Å². The summed E-state index contributed by atoms with van der Waals surface area (Å²) >= 11 is 7.17. The molecule has 0 saturated carbocycles. The molecule has 0 amide bonds. The van der Waals surface area contributed by atoms with Crippen molar-refractivity contribution in [1.29, 1.82) is 0 Å². The summed E-state index contributed by atoms with van der Waals surface area (Å²) in [5, 5.41) is 0. The second kappa shape index (κ2) is 4.56. The molecule has 0 unspecified atom stereocenters. The predicted octanol–water partition coefficient (Wildman–Crippen LogP) is 6.35. The van der Waals surface area contributed by atoms with E-state index in [0.717, 1.165) is 12.8 Å². The first kappa shape index (κ1) is 13.1. The molecule has 3 aromatic carbocycles. The first-order chi connectivity index (χ1) is 10.7. The Morgan fingerprint density at radius 2 is 0.909 bits per heavy atom. The van der Waals surface area contributed by atoms with Gasteiger partial charge in [-0.2, -0.15) is 0 Å². The average molecular weight is 412 g/mol. The van der Waals surface area contributed by atoms with Crippen molar-refractivity contribution in [2.24, 2.45) is 0 Å². The average Bonchev–Trinajstić information content (AvgIpc) is 3.00. The number of fused-ring (bicyclic) bond motifs is 6. The highest BCUT2D eigenvalue weighted by molar-refractivity contribution is 9.10. The van der Waals surface area contributed by atoms with Gasteiger partial charge < -0.3 is 0 Å². The lowest BCUT2D eigenvalue weighted by Crippen LogP contribution is -1.85. The summed E-state index contributed by atoms with van der Waals surface area (Å²) in [5.41, 5.74) is 11.4. The third-order valence-corrected chi connectivity index (χ3v) is 5.79. The third-order valence-electron chi connectivity index (χ3n) is 4.81. The van der Waals surface area contributed by atoms with Crippen LogP contribution >= 0.6 is 31.9 Å². The molecular formula is C20H12Br2. The van der Waals surface area contributed by atoms with Gasteiger partial charge in [0, 0.05) is 8.95 Å². The highest BCUT2D eigenvalue weighted by Gasteiger charge is 2.25. The molecule has 0 N–H and O–H groups in total. The molecule has 106 valence electrons. The SMILES string of the molecule is Brc1ccc2c(c1)Cc1cc3c(cc1-2)Cc1cc(Br)ccc1-3. The topological polar surface area (TPSA) is 0 Å². The molecule has 0 bridgehead atoms. The van der Waals surface area contributed by atoms with Gasteiger partial charge in [-0.05, 0) is 93.7 Å². The van der Waals surface area contributed by atoms with Crippen molar-refractivity contribution in [3.63, 3.8) is 0 Å². The monoisotopic (exact) mass is 410 g/mol. The molecule has 3 aromatic rings. The van der Waals surface area contributed by atoms with E-state index in [4.69, 9.17) is 0 Å². The molecule has 0 saturated heterocycles. The van der Waals surface area contributed by atoms with Crippen LogP contribution in [0.2, 0.25) is 0 Å². The normalized spacial score (nSPS) is 13.5. The smallest absolute Gasteiger partial charge is 0.0178 e. The highest BCUT2D eigenvalue weighted by atomic mass is 79.9. The van der Waals surface area contributed by atoms with E-state index in [1.54, 1.807) is 0 Å². The molecule has 0 spiro atoms. The fourth-order valence-electron chi connectivity index (χ4n) is 3.84. The first-order valence-electron chi connectivity index (χ1n) is 7.42. The van der Waals surface area contributed by atoms with Gasteiger partial charge in [-0.3, -0.25) is 0 Å². The van der Waals surface area contributed by atoms with E-state index in [2.05, 4.69) is 80.4 Å². The quantitative estimate of drug-likeness (QED) is 0.278. The Kier molecular flexibility index (Phi) is 2.71. The Bertz CT molecular complexity index is 875. The van der Waals surface area contributed by atoms with Gasteiger partial charge in [0.1, 0.15) is 0 Å². The van der Waals surface area contributed by atoms with Gasteiger partial charge in [-0.15, -0.1) is 0 Å². The minimum Gasteiger partial charge on any atom is -0.0530 e. The molecule has 0 fully saturated rings. The molecule has 0 atom stereocenters. The lowest BCUT2D eigenvalue weighted by Gasteiger charge is -2.06. The minimum atomic E-state index is 1.04. The van der Waals surface area contributed by atoms with E-state index in [-0.39, 0.29) is 0 Å². The zero-order valence-electron chi connectivity index (χ0n) is 11.8. The van der Waals surface area contributed by atoms with Gasteiger partial charge in [0.15, 0.2) is 0 Å². The van der Waals surface area contributed by atoms with Crippen LogP contribution in [0, 0.1) is 0 Å².